The summed E-state index contributed by atoms with van der Waals surface area (Å²) in [4.78, 5) is 2.20. The van der Waals surface area contributed by atoms with Crippen molar-refractivity contribution in [3.05, 3.63) is 82.3 Å². The van der Waals surface area contributed by atoms with E-state index in [4.69, 9.17) is 23.8 Å². The topological polar surface area (TPSA) is 24.1 Å². The van der Waals surface area contributed by atoms with Crippen molar-refractivity contribution in [1.29, 1.82) is 0 Å². The van der Waals surface area contributed by atoms with Crippen LogP contribution in [0.15, 0.2) is 87.1 Å². The summed E-state index contributed by atoms with van der Waals surface area (Å²) in [6.07, 6.45) is 0. The maximum absolute atomic E-state index is 5.95. The second-order valence-electron chi connectivity index (χ2n) is 5.14. The van der Waals surface area contributed by atoms with Crippen molar-refractivity contribution >= 4 is 68.0 Å². The highest BCUT2D eigenvalue weighted by molar-refractivity contribution is 9.10. The molecule has 0 fully saturated rings. The Bertz CT molecular complexity index is 867. The molecule has 0 aliphatic heterocycles. The van der Waals surface area contributed by atoms with Gasteiger partial charge in [0.1, 0.15) is 0 Å². The van der Waals surface area contributed by atoms with Gasteiger partial charge in [0, 0.05) is 25.0 Å². The maximum atomic E-state index is 5.95. The molecule has 0 atom stereocenters. The predicted octanol–water partition coefficient (Wildman–Crippen LogP) is 7.06. The number of hydrogen-bond acceptors (Lipinski definition) is 2. The maximum Gasteiger partial charge on any atom is 0.175 e. The number of benzene rings is 3. The minimum atomic E-state index is 0.548. The van der Waals surface area contributed by atoms with Crippen LogP contribution in [0.1, 0.15) is 0 Å². The second-order valence-corrected chi connectivity index (χ2v) is 8.01. The van der Waals surface area contributed by atoms with Gasteiger partial charge in [-0.25, -0.2) is 0 Å². The molecule has 0 saturated carbocycles. The Morgan fingerprint density at radius 1 is 0.880 bits per heavy atom. The van der Waals surface area contributed by atoms with Crippen LogP contribution >= 0.6 is 51.5 Å². The minimum Gasteiger partial charge on any atom is -0.332 e. The van der Waals surface area contributed by atoms with Gasteiger partial charge in [0.15, 0.2) is 5.11 Å². The first-order chi connectivity index (χ1) is 12.1. The van der Waals surface area contributed by atoms with Gasteiger partial charge in [-0.3, -0.25) is 0 Å². The monoisotopic (exact) mass is 448 g/mol. The average molecular weight is 450 g/mol. The third-order valence-electron chi connectivity index (χ3n) is 3.28. The molecular weight excluding hydrogens is 436 g/mol. The van der Waals surface area contributed by atoms with Crippen molar-refractivity contribution in [3.63, 3.8) is 0 Å². The molecule has 0 amide bonds. The van der Waals surface area contributed by atoms with Gasteiger partial charge in [0.05, 0.1) is 5.69 Å². The Morgan fingerprint density at radius 3 is 2.28 bits per heavy atom. The summed E-state index contributed by atoms with van der Waals surface area (Å²) in [7, 11) is 0. The lowest BCUT2D eigenvalue weighted by atomic mass is 10.3. The summed E-state index contributed by atoms with van der Waals surface area (Å²) in [5.41, 5.74) is 1.89. The SMILES string of the molecule is S=C(Nc1ccc(Br)cc1)Nc1ccccc1Sc1ccc(Cl)cc1. The van der Waals surface area contributed by atoms with Gasteiger partial charge >= 0.3 is 0 Å². The quantitative estimate of drug-likeness (QED) is 0.416. The smallest absolute Gasteiger partial charge is 0.175 e. The third kappa shape index (κ3) is 5.47. The zero-order chi connectivity index (χ0) is 17.6. The molecule has 0 aliphatic carbocycles. The highest BCUT2D eigenvalue weighted by atomic mass is 79.9. The van der Waals surface area contributed by atoms with E-state index in [0.29, 0.717) is 5.11 Å². The summed E-state index contributed by atoms with van der Waals surface area (Å²) >= 11 is 16.5. The zero-order valence-corrected chi connectivity index (χ0v) is 17.0. The minimum absolute atomic E-state index is 0.548. The fraction of sp³-hybridized carbons (Fsp3) is 0. The van der Waals surface area contributed by atoms with Crippen molar-refractivity contribution in [1.82, 2.24) is 0 Å². The van der Waals surface area contributed by atoms with Crippen molar-refractivity contribution in [2.24, 2.45) is 0 Å². The number of thiocarbonyl (C=S) groups is 1. The molecule has 0 radical (unpaired) electrons. The molecule has 0 aliphatic rings. The first-order valence-electron chi connectivity index (χ1n) is 7.46. The van der Waals surface area contributed by atoms with Crippen molar-refractivity contribution in [2.45, 2.75) is 9.79 Å². The molecule has 126 valence electrons. The lowest BCUT2D eigenvalue weighted by Gasteiger charge is -2.14. The molecule has 6 heteroatoms. The van der Waals surface area contributed by atoms with Gasteiger partial charge in [0.2, 0.25) is 0 Å². The van der Waals surface area contributed by atoms with Crippen molar-refractivity contribution < 1.29 is 0 Å². The fourth-order valence-electron chi connectivity index (χ4n) is 2.11. The van der Waals surface area contributed by atoms with Crippen LogP contribution in [0.2, 0.25) is 5.02 Å². The van der Waals surface area contributed by atoms with Crippen LogP contribution in [0, 0.1) is 0 Å². The summed E-state index contributed by atoms with van der Waals surface area (Å²) < 4.78 is 1.03. The van der Waals surface area contributed by atoms with Crippen LogP contribution in [0.4, 0.5) is 11.4 Å². The van der Waals surface area contributed by atoms with Crippen LogP contribution in [0.5, 0.6) is 0 Å². The highest BCUT2D eigenvalue weighted by Gasteiger charge is 2.06. The number of para-hydroxylation sites is 1. The van der Waals surface area contributed by atoms with E-state index in [0.717, 1.165) is 30.7 Å². The lowest BCUT2D eigenvalue weighted by Crippen LogP contribution is -2.19. The number of nitrogens with one attached hydrogen (secondary N) is 2. The Morgan fingerprint density at radius 2 is 1.56 bits per heavy atom. The summed E-state index contributed by atoms with van der Waals surface area (Å²) in [6, 6.07) is 23.7. The van der Waals surface area contributed by atoms with E-state index in [1.165, 1.54) is 0 Å². The molecule has 0 heterocycles. The molecule has 0 aromatic heterocycles. The van der Waals surface area contributed by atoms with Crippen molar-refractivity contribution in [2.75, 3.05) is 10.6 Å². The molecule has 0 bridgehead atoms. The van der Waals surface area contributed by atoms with Crippen LogP contribution in [0.3, 0.4) is 0 Å². The largest absolute Gasteiger partial charge is 0.332 e. The van der Waals surface area contributed by atoms with E-state index in [-0.39, 0.29) is 0 Å². The number of rotatable bonds is 4. The Hall–Kier alpha value is -1.53. The van der Waals surface area contributed by atoms with Crippen LogP contribution in [-0.2, 0) is 0 Å². The Kier molecular flexibility index (Phi) is 6.37. The Labute approximate surface area is 170 Å². The molecule has 2 N–H and O–H groups in total. The van der Waals surface area contributed by atoms with Gasteiger partial charge in [-0.15, -0.1) is 0 Å². The number of hydrogen-bond donors (Lipinski definition) is 2. The molecule has 25 heavy (non-hydrogen) atoms. The van der Waals surface area contributed by atoms with E-state index in [1.54, 1.807) is 11.8 Å². The first-order valence-corrected chi connectivity index (χ1v) is 9.86. The van der Waals surface area contributed by atoms with Crippen LogP contribution in [-0.4, -0.2) is 5.11 Å². The van der Waals surface area contributed by atoms with E-state index in [1.807, 2.05) is 66.7 Å². The molecule has 3 aromatic carbocycles. The normalized spacial score (nSPS) is 10.3. The fourth-order valence-corrected chi connectivity index (χ4v) is 3.63. The molecule has 0 spiro atoms. The van der Waals surface area contributed by atoms with E-state index >= 15 is 0 Å². The Balaban J connectivity index is 1.70. The predicted molar refractivity (Wildman–Crippen MR) is 116 cm³/mol. The number of halogens is 2. The second kappa shape index (κ2) is 8.72. The van der Waals surface area contributed by atoms with Crippen molar-refractivity contribution in [3.8, 4) is 0 Å². The zero-order valence-electron chi connectivity index (χ0n) is 13.0. The summed E-state index contributed by atoms with van der Waals surface area (Å²) in [5, 5.41) is 7.74. The molecule has 2 nitrogen and oxygen atoms in total. The van der Waals surface area contributed by atoms with E-state index < -0.39 is 0 Å². The van der Waals surface area contributed by atoms with Gasteiger partial charge in [0.25, 0.3) is 0 Å². The molecular formula is C19H14BrClN2S2. The summed E-state index contributed by atoms with van der Waals surface area (Å²) in [5.74, 6) is 0. The lowest BCUT2D eigenvalue weighted by molar-refractivity contribution is 1.40. The summed E-state index contributed by atoms with van der Waals surface area (Å²) in [6.45, 7) is 0. The third-order valence-corrected chi connectivity index (χ3v) is 5.35. The van der Waals surface area contributed by atoms with E-state index in [9.17, 15) is 0 Å². The van der Waals surface area contributed by atoms with E-state index in [2.05, 4.69) is 32.6 Å². The number of anilines is 2. The molecule has 0 saturated heterocycles. The molecule has 0 unspecified atom stereocenters. The van der Waals surface area contributed by atoms with Gasteiger partial charge in [-0.1, -0.05) is 51.4 Å². The van der Waals surface area contributed by atoms with Crippen LogP contribution < -0.4 is 10.6 Å². The van der Waals surface area contributed by atoms with Gasteiger partial charge in [-0.2, -0.15) is 0 Å². The standard InChI is InChI=1S/C19H14BrClN2S2/c20-13-5-9-15(10-6-13)22-19(24)23-17-3-1-2-4-18(17)25-16-11-7-14(21)8-12-16/h1-12H,(H2,22,23,24). The van der Waals surface area contributed by atoms with Crippen LogP contribution in [0.25, 0.3) is 0 Å². The molecule has 3 aromatic rings. The highest BCUT2D eigenvalue weighted by Crippen LogP contribution is 2.34. The van der Waals surface area contributed by atoms with Gasteiger partial charge < -0.3 is 10.6 Å². The molecule has 3 rings (SSSR count). The average Bonchev–Trinajstić information content (AvgIpc) is 2.61. The first kappa shape index (κ1) is 18.3. The van der Waals surface area contributed by atoms with Gasteiger partial charge in [-0.05, 0) is 72.9 Å².